The van der Waals surface area contributed by atoms with Crippen molar-refractivity contribution in [3.05, 3.63) is 0 Å². The number of hydrogen-bond acceptors (Lipinski definition) is 8. The molecule has 29 heavy (non-hydrogen) atoms. The van der Waals surface area contributed by atoms with Crippen molar-refractivity contribution in [3.8, 4) is 0 Å². The van der Waals surface area contributed by atoms with E-state index in [1.165, 1.54) is 20.8 Å². The highest BCUT2D eigenvalue weighted by Crippen LogP contribution is 2.66. The summed E-state index contributed by atoms with van der Waals surface area (Å²) in [5.74, 6) is -1.64. The molecule has 1 aliphatic heterocycles. The van der Waals surface area contributed by atoms with Crippen LogP contribution in [0, 0.1) is 11.3 Å². The molecule has 3 rings (SSSR count). The van der Waals surface area contributed by atoms with Crippen molar-refractivity contribution >= 4 is 17.9 Å². The highest BCUT2D eigenvalue weighted by atomic mass is 16.6. The Morgan fingerprint density at radius 2 is 1.59 bits per heavy atom. The van der Waals surface area contributed by atoms with E-state index in [0.717, 1.165) is 0 Å². The quantitative estimate of drug-likeness (QED) is 0.551. The summed E-state index contributed by atoms with van der Waals surface area (Å²) in [6.45, 7) is 9.43. The molecular formula is C21H32O8. The van der Waals surface area contributed by atoms with Crippen LogP contribution in [0.2, 0.25) is 0 Å². The van der Waals surface area contributed by atoms with Crippen LogP contribution in [0.4, 0.5) is 0 Å². The molecule has 1 saturated heterocycles. The molecule has 0 radical (unpaired) electrons. The Balaban J connectivity index is 2.20. The second-order valence-electron chi connectivity index (χ2n) is 9.49. The van der Waals surface area contributed by atoms with Gasteiger partial charge in [-0.1, -0.05) is 0 Å². The SMILES string of the molecule is CC(=O)OC[C@]12[C@H](OC(C)=O)CC[C@]3(C)OC(C)(C)[C@H](C[C@H]1OC(C)=O)C[C@]23O. The summed E-state index contributed by atoms with van der Waals surface area (Å²) in [5, 5.41) is 12.2. The minimum atomic E-state index is -1.52. The molecule has 3 aliphatic rings. The van der Waals surface area contributed by atoms with Crippen molar-refractivity contribution < 1.29 is 38.4 Å². The van der Waals surface area contributed by atoms with Gasteiger partial charge in [-0.05, 0) is 52.4 Å². The van der Waals surface area contributed by atoms with Crippen LogP contribution in [0.15, 0.2) is 0 Å². The predicted molar refractivity (Wildman–Crippen MR) is 101 cm³/mol. The molecule has 3 fully saturated rings. The van der Waals surface area contributed by atoms with Crippen molar-refractivity contribution in [2.45, 2.75) is 96.2 Å². The van der Waals surface area contributed by atoms with Crippen LogP contribution in [0.1, 0.15) is 67.2 Å². The smallest absolute Gasteiger partial charge is 0.302 e. The summed E-state index contributed by atoms with van der Waals surface area (Å²) in [6.07, 6.45) is 0.0320. The summed E-state index contributed by atoms with van der Waals surface area (Å²) in [4.78, 5) is 35.6. The number of hydrogen-bond donors (Lipinski definition) is 1. The second kappa shape index (κ2) is 6.94. The summed E-state index contributed by atoms with van der Waals surface area (Å²) in [5.41, 5.74) is -4.37. The van der Waals surface area contributed by atoms with Gasteiger partial charge in [0.1, 0.15) is 29.8 Å². The van der Waals surface area contributed by atoms with E-state index in [2.05, 4.69) is 0 Å². The fourth-order valence-corrected chi connectivity index (χ4v) is 5.99. The average Bonchev–Trinajstić information content (AvgIpc) is 2.55. The van der Waals surface area contributed by atoms with Crippen molar-refractivity contribution in [3.63, 3.8) is 0 Å². The maximum absolute atomic E-state index is 12.2. The Kier molecular flexibility index (Phi) is 5.27. The highest BCUT2D eigenvalue weighted by molar-refractivity contribution is 5.68. The van der Waals surface area contributed by atoms with Gasteiger partial charge in [0.15, 0.2) is 0 Å². The molecule has 0 aromatic carbocycles. The lowest BCUT2D eigenvalue weighted by Crippen LogP contribution is -2.82. The Morgan fingerprint density at radius 1 is 1.00 bits per heavy atom. The van der Waals surface area contributed by atoms with Gasteiger partial charge < -0.3 is 24.1 Å². The minimum absolute atomic E-state index is 0.0912. The third-order valence-electron chi connectivity index (χ3n) is 7.32. The Bertz CT molecular complexity index is 717. The number of carbonyl (C=O) groups excluding carboxylic acids is 3. The fourth-order valence-electron chi connectivity index (χ4n) is 5.99. The maximum atomic E-state index is 12.2. The normalized spacial score (nSPS) is 42.5. The highest BCUT2D eigenvalue weighted by Gasteiger charge is 2.77. The Labute approximate surface area is 171 Å². The predicted octanol–water partition coefficient (Wildman–Crippen LogP) is 1.90. The minimum Gasteiger partial charge on any atom is -0.465 e. The van der Waals surface area contributed by atoms with E-state index >= 15 is 0 Å². The average molecular weight is 412 g/mol. The molecule has 0 amide bonds. The van der Waals surface area contributed by atoms with Gasteiger partial charge in [-0.3, -0.25) is 14.4 Å². The molecule has 1 heterocycles. The monoisotopic (exact) mass is 412 g/mol. The van der Waals surface area contributed by atoms with Gasteiger partial charge in [0.2, 0.25) is 0 Å². The molecule has 1 N–H and O–H groups in total. The molecule has 2 bridgehead atoms. The first-order valence-electron chi connectivity index (χ1n) is 10.2. The zero-order chi connectivity index (χ0) is 21.8. The Morgan fingerprint density at radius 3 is 2.14 bits per heavy atom. The lowest BCUT2D eigenvalue weighted by Gasteiger charge is -2.70. The van der Waals surface area contributed by atoms with E-state index in [0.29, 0.717) is 25.7 Å². The van der Waals surface area contributed by atoms with Crippen LogP contribution in [0.5, 0.6) is 0 Å². The lowest BCUT2D eigenvalue weighted by molar-refractivity contribution is -0.388. The summed E-state index contributed by atoms with van der Waals surface area (Å²) in [7, 11) is 0. The number of carbonyl (C=O) groups is 3. The third kappa shape index (κ3) is 3.24. The molecule has 0 aromatic rings. The van der Waals surface area contributed by atoms with E-state index in [1.54, 1.807) is 0 Å². The van der Waals surface area contributed by atoms with Gasteiger partial charge >= 0.3 is 17.9 Å². The number of esters is 3. The summed E-state index contributed by atoms with van der Waals surface area (Å²) in [6, 6.07) is 0. The zero-order valence-corrected chi connectivity index (χ0v) is 18.1. The first-order valence-corrected chi connectivity index (χ1v) is 10.2. The van der Waals surface area contributed by atoms with Crippen LogP contribution in [0.25, 0.3) is 0 Å². The molecule has 0 unspecified atom stereocenters. The molecule has 8 heteroatoms. The van der Waals surface area contributed by atoms with Crippen LogP contribution in [0.3, 0.4) is 0 Å². The van der Waals surface area contributed by atoms with E-state index in [1.807, 2.05) is 20.8 Å². The molecule has 0 aromatic heterocycles. The van der Waals surface area contributed by atoms with Crippen LogP contribution >= 0.6 is 0 Å². The molecule has 2 saturated carbocycles. The van der Waals surface area contributed by atoms with Gasteiger partial charge in [-0.2, -0.15) is 0 Å². The van der Waals surface area contributed by atoms with Crippen molar-refractivity contribution in [1.29, 1.82) is 0 Å². The Hall–Kier alpha value is -1.67. The molecule has 6 atom stereocenters. The molecule has 8 nitrogen and oxygen atoms in total. The summed E-state index contributed by atoms with van der Waals surface area (Å²) < 4.78 is 23.2. The van der Waals surface area contributed by atoms with Crippen molar-refractivity contribution in [2.24, 2.45) is 11.3 Å². The number of rotatable bonds is 4. The zero-order valence-electron chi connectivity index (χ0n) is 18.1. The van der Waals surface area contributed by atoms with E-state index in [-0.39, 0.29) is 12.5 Å². The van der Waals surface area contributed by atoms with E-state index in [9.17, 15) is 19.5 Å². The van der Waals surface area contributed by atoms with Gasteiger partial charge in [-0.25, -0.2) is 0 Å². The number of ether oxygens (including phenoxy) is 4. The maximum Gasteiger partial charge on any atom is 0.302 e. The molecular weight excluding hydrogens is 380 g/mol. The van der Waals surface area contributed by atoms with Crippen LogP contribution in [-0.2, 0) is 33.3 Å². The van der Waals surface area contributed by atoms with Gasteiger partial charge in [0.25, 0.3) is 0 Å². The summed E-state index contributed by atoms with van der Waals surface area (Å²) >= 11 is 0. The first-order chi connectivity index (χ1) is 13.3. The lowest BCUT2D eigenvalue weighted by atomic mass is 9.45. The first kappa shape index (κ1) is 22.0. The molecule has 2 aliphatic carbocycles. The van der Waals surface area contributed by atoms with Crippen LogP contribution < -0.4 is 0 Å². The van der Waals surface area contributed by atoms with Gasteiger partial charge in [0, 0.05) is 20.8 Å². The molecule has 0 spiro atoms. The largest absolute Gasteiger partial charge is 0.465 e. The van der Waals surface area contributed by atoms with Gasteiger partial charge in [0.05, 0.1) is 11.2 Å². The van der Waals surface area contributed by atoms with Gasteiger partial charge in [-0.15, -0.1) is 0 Å². The second-order valence-corrected chi connectivity index (χ2v) is 9.49. The van der Waals surface area contributed by atoms with Crippen LogP contribution in [-0.4, -0.2) is 58.6 Å². The van der Waals surface area contributed by atoms with Crippen molar-refractivity contribution in [1.82, 2.24) is 0 Å². The van der Waals surface area contributed by atoms with E-state index in [4.69, 9.17) is 18.9 Å². The number of fused-ring (bicyclic) bond motifs is 1. The molecule has 164 valence electrons. The third-order valence-corrected chi connectivity index (χ3v) is 7.32. The number of aliphatic hydroxyl groups is 1. The van der Waals surface area contributed by atoms with E-state index < -0.39 is 52.3 Å². The standard InChI is InChI=1S/C21H32O8/c1-12(22)26-11-20-16(27-13(2)23)7-8-19(6)21(20,25)10-15(18(4,5)29-19)9-17(20)28-14(3)24/h15-17,25H,7-11H2,1-6H3/t15-,16-,17-,19+,20+,21-/m1/s1. The topological polar surface area (TPSA) is 108 Å². The van der Waals surface area contributed by atoms with Crippen molar-refractivity contribution in [2.75, 3.05) is 6.61 Å². The fraction of sp³-hybridized carbons (Fsp3) is 0.857.